The van der Waals surface area contributed by atoms with Gasteiger partial charge in [-0.3, -0.25) is 4.90 Å². The summed E-state index contributed by atoms with van der Waals surface area (Å²) in [4.78, 5) is 2.50. The van der Waals surface area contributed by atoms with Gasteiger partial charge in [0.25, 0.3) is 0 Å². The Morgan fingerprint density at radius 2 is 1.87 bits per heavy atom. The number of halogens is 2. The molecule has 0 bridgehead atoms. The number of nitrogens with zero attached hydrogens (tertiary/aromatic N) is 1. The van der Waals surface area contributed by atoms with Crippen molar-refractivity contribution in [2.75, 3.05) is 19.6 Å². The first-order valence-electron chi connectivity index (χ1n) is 10.5. The Balaban J connectivity index is 0.00000155. The molecule has 160 valence electrons. The van der Waals surface area contributed by atoms with Gasteiger partial charge in [0.2, 0.25) is 0 Å². The summed E-state index contributed by atoms with van der Waals surface area (Å²) in [6, 6.07) is 14.6. The van der Waals surface area contributed by atoms with Crippen molar-refractivity contribution < 1.29 is 0 Å². The van der Waals surface area contributed by atoms with Gasteiger partial charge in [0.05, 0.1) is 0 Å². The summed E-state index contributed by atoms with van der Waals surface area (Å²) < 4.78 is 0. The highest BCUT2D eigenvalue weighted by Crippen LogP contribution is 2.30. The zero-order valence-corrected chi connectivity index (χ0v) is 19.5. The number of nitrogens with one attached hydrogen (secondary N) is 1. The Labute approximate surface area is 191 Å². The van der Waals surface area contributed by atoms with Gasteiger partial charge in [0.1, 0.15) is 0 Å². The molecule has 0 amide bonds. The average Bonchev–Trinajstić information content (AvgIpc) is 2.77. The number of hydrogen-bond donors (Lipinski definition) is 1. The molecule has 1 unspecified atom stereocenters. The summed E-state index contributed by atoms with van der Waals surface area (Å²) in [5.41, 5.74) is 4.57. The van der Waals surface area contributed by atoms with Crippen LogP contribution in [-0.4, -0.2) is 30.6 Å². The SMILES string of the molecule is C=C/C=C(\C=C)CC1CN(Cc2ccc(-c3cc(Cl)ccc3Cl)cc2)CCN1.CC. The Bertz CT molecular complexity index is 856. The molecule has 2 aromatic rings. The van der Waals surface area contributed by atoms with Gasteiger partial charge in [-0.1, -0.05) is 92.7 Å². The quantitative estimate of drug-likeness (QED) is 0.457. The molecule has 3 rings (SSSR count). The lowest BCUT2D eigenvalue weighted by Crippen LogP contribution is -2.50. The maximum Gasteiger partial charge on any atom is 0.0485 e. The van der Waals surface area contributed by atoms with Gasteiger partial charge in [0.15, 0.2) is 0 Å². The molecule has 0 radical (unpaired) electrons. The molecule has 1 saturated heterocycles. The van der Waals surface area contributed by atoms with Crippen molar-refractivity contribution in [2.24, 2.45) is 0 Å². The van der Waals surface area contributed by atoms with Crippen LogP contribution in [0, 0.1) is 0 Å². The molecule has 1 aliphatic rings. The molecule has 0 saturated carbocycles. The first-order chi connectivity index (χ1) is 14.6. The second-order valence-corrected chi connectivity index (χ2v) is 7.94. The maximum absolute atomic E-state index is 6.33. The third-order valence-corrected chi connectivity index (χ3v) is 5.58. The average molecular weight is 443 g/mol. The first-order valence-corrected chi connectivity index (χ1v) is 11.3. The van der Waals surface area contributed by atoms with Gasteiger partial charge < -0.3 is 5.32 Å². The molecule has 1 N–H and O–H groups in total. The predicted molar refractivity (Wildman–Crippen MR) is 133 cm³/mol. The van der Waals surface area contributed by atoms with Crippen LogP contribution in [-0.2, 0) is 6.54 Å². The number of rotatable bonds is 7. The second-order valence-electron chi connectivity index (χ2n) is 7.09. The minimum absolute atomic E-state index is 0.433. The van der Waals surface area contributed by atoms with E-state index in [1.165, 1.54) is 11.1 Å². The zero-order valence-electron chi connectivity index (χ0n) is 18.0. The first kappa shape index (κ1) is 24.4. The summed E-state index contributed by atoms with van der Waals surface area (Å²) in [7, 11) is 0. The van der Waals surface area contributed by atoms with Crippen LogP contribution in [0.15, 0.2) is 79.4 Å². The summed E-state index contributed by atoms with van der Waals surface area (Å²) in [5, 5.41) is 5.02. The fourth-order valence-corrected chi connectivity index (χ4v) is 4.00. The van der Waals surface area contributed by atoms with Crippen molar-refractivity contribution in [1.29, 1.82) is 0 Å². The van der Waals surface area contributed by atoms with Crippen molar-refractivity contribution in [3.63, 3.8) is 0 Å². The minimum Gasteiger partial charge on any atom is -0.311 e. The molecule has 2 nitrogen and oxygen atoms in total. The second kappa shape index (κ2) is 12.8. The number of piperazine rings is 1. The van der Waals surface area contributed by atoms with Gasteiger partial charge in [-0.05, 0) is 41.3 Å². The van der Waals surface area contributed by atoms with E-state index in [1.54, 1.807) is 0 Å². The third-order valence-electron chi connectivity index (χ3n) is 5.02. The van der Waals surface area contributed by atoms with Crippen LogP contribution in [0.2, 0.25) is 10.0 Å². The van der Waals surface area contributed by atoms with Gasteiger partial charge in [-0.15, -0.1) is 0 Å². The van der Waals surface area contributed by atoms with Crippen LogP contribution < -0.4 is 5.32 Å². The molecule has 0 aliphatic carbocycles. The number of benzene rings is 2. The molecule has 1 heterocycles. The van der Waals surface area contributed by atoms with Crippen molar-refractivity contribution >= 4 is 23.2 Å². The largest absolute Gasteiger partial charge is 0.311 e. The maximum atomic E-state index is 6.33. The van der Waals surface area contributed by atoms with E-state index in [1.807, 2.05) is 50.3 Å². The standard InChI is InChI=1S/C24H26Cl2N2.C2H6/c1-3-5-18(4-2)14-22-17-28(13-12-27-22)16-19-6-8-20(9-7-19)23-15-21(25)10-11-24(23)26;1-2/h3-11,15,22,27H,1-2,12-14,16-17H2;1-2H3/b18-5+;. The summed E-state index contributed by atoms with van der Waals surface area (Å²) in [6.07, 6.45) is 6.75. The van der Waals surface area contributed by atoms with E-state index in [0.29, 0.717) is 16.1 Å². The third kappa shape index (κ3) is 7.14. The Morgan fingerprint density at radius 1 is 1.13 bits per heavy atom. The number of allylic oxidation sites excluding steroid dienone is 3. The molecule has 1 atom stereocenters. The topological polar surface area (TPSA) is 15.3 Å². The molecule has 30 heavy (non-hydrogen) atoms. The van der Waals surface area contributed by atoms with E-state index in [-0.39, 0.29) is 0 Å². The van der Waals surface area contributed by atoms with Crippen molar-refractivity contribution in [1.82, 2.24) is 10.2 Å². The van der Waals surface area contributed by atoms with Gasteiger partial charge in [-0.2, -0.15) is 0 Å². The zero-order chi connectivity index (χ0) is 21.9. The summed E-state index contributed by atoms with van der Waals surface area (Å²) in [5.74, 6) is 0. The normalized spacial score (nSPS) is 17.1. The van der Waals surface area contributed by atoms with Crippen LogP contribution in [0.25, 0.3) is 11.1 Å². The van der Waals surface area contributed by atoms with E-state index in [4.69, 9.17) is 23.2 Å². The monoisotopic (exact) mass is 442 g/mol. The van der Waals surface area contributed by atoms with Crippen molar-refractivity contribution in [3.05, 3.63) is 95.0 Å². The molecule has 2 aromatic carbocycles. The molecule has 1 aliphatic heterocycles. The molecule has 1 fully saturated rings. The van der Waals surface area contributed by atoms with E-state index in [9.17, 15) is 0 Å². The van der Waals surface area contributed by atoms with Crippen molar-refractivity contribution in [3.8, 4) is 11.1 Å². The summed E-state index contributed by atoms with van der Waals surface area (Å²) >= 11 is 12.4. The molecule has 0 aromatic heterocycles. The van der Waals surface area contributed by atoms with Gasteiger partial charge >= 0.3 is 0 Å². The predicted octanol–water partition coefficient (Wildman–Crippen LogP) is 7.15. The molecule has 4 heteroatoms. The smallest absolute Gasteiger partial charge is 0.0485 e. The minimum atomic E-state index is 0.433. The van der Waals surface area contributed by atoms with Crippen LogP contribution in [0.3, 0.4) is 0 Å². The van der Waals surface area contributed by atoms with Crippen molar-refractivity contribution in [2.45, 2.75) is 32.9 Å². The molecular weight excluding hydrogens is 411 g/mol. The van der Waals surface area contributed by atoms with Crippen LogP contribution in [0.4, 0.5) is 0 Å². The van der Waals surface area contributed by atoms with E-state index in [0.717, 1.165) is 43.7 Å². The highest BCUT2D eigenvalue weighted by molar-refractivity contribution is 6.35. The van der Waals surface area contributed by atoms with E-state index >= 15 is 0 Å². The van der Waals surface area contributed by atoms with E-state index in [2.05, 4.69) is 47.6 Å². The van der Waals surface area contributed by atoms with Gasteiger partial charge in [-0.25, -0.2) is 0 Å². The molecular formula is C26H32Cl2N2. The highest BCUT2D eigenvalue weighted by Gasteiger charge is 2.19. The molecule has 0 spiro atoms. The lowest BCUT2D eigenvalue weighted by Gasteiger charge is -2.34. The lowest BCUT2D eigenvalue weighted by molar-refractivity contribution is 0.192. The Kier molecular flexibility index (Phi) is 10.4. The van der Waals surface area contributed by atoms with Crippen LogP contribution in [0.1, 0.15) is 25.8 Å². The van der Waals surface area contributed by atoms with E-state index < -0.39 is 0 Å². The Hall–Kier alpha value is -1.84. The van der Waals surface area contributed by atoms with Crippen LogP contribution in [0.5, 0.6) is 0 Å². The number of hydrogen-bond acceptors (Lipinski definition) is 2. The van der Waals surface area contributed by atoms with Gasteiger partial charge in [0, 0.05) is 47.8 Å². The fourth-order valence-electron chi connectivity index (χ4n) is 3.60. The fraction of sp³-hybridized carbons (Fsp3) is 0.308. The Morgan fingerprint density at radius 3 is 2.53 bits per heavy atom. The summed E-state index contributed by atoms with van der Waals surface area (Å²) in [6.45, 7) is 15.7. The van der Waals surface area contributed by atoms with Crippen LogP contribution >= 0.6 is 23.2 Å². The highest BCUT2D eigenvalue weighted by atomic mass is 35.5. The lowest BCUT2D eigenvalue weighted by atomic mass is 10.0.